The molecule has 1 fully saturated rings. The van der Waals surface area contributed by atoms with Crippen molar-refractivity contribution >= 4 is 22.6 Å². The number of morpholine rings is 1. The van der Waals surface area contributed by atoms with Crippen LogP contribution in [0.3, 0.4) is 0 Å². The van der Waals surface area contributed by atoms with Crippen LogP contribution >= 0.6 is 11.6 Å². The molecule has 1 aliphatic rings. The third-order valence-corrected chi connectivity index (χ3v) is 3.98. The van der Waals surface area contributed by atoms with Gasteiger partial charge in [-0.2, -0.15) is 0 Å². The van der Waals surface area contributed by atoms with Gasteiger partial charge in [0, 0.05) is 18.1 Å². The molecule has 0 amide bonds. The standard InChI is InChI=1S/C10H12ClNO2S/c11-9-1-3-10(4-2-9)15(13)12-5-7-14-8-6-12/h1-4H,5-8H2/i13+2. The molecule has 1 unspecified atom stereocenters. The minimum atomic E-state index is -1.08. The summed E-state index contributed by atoms with van der Waals surface area (Å²) in [4.78, 5) is 0.793. The number of hydrogen-bond acceptors (Lipinski definition) is 2. The van der Waals surface area contributed by atoms with Crippen LogP contribution in [0.4, 0.5) is 0 Å². The predicted molar refractivity (Wildman–Crippen MR) is 60.3 cm³/mol. The fraction of sp³-hybridized carbons (Fsp3) is 0.400. The molecule has 2 rings (SSSR count). The highest BCUT2D eigenvalue weighted by Gasteiger charge is 2.17. The van der Waals surface area contributed by atoms with Crippen LogP contribution in [0.15, 0.2) is 29.2 Å². The lowest BCUT2D eigenvalue weighted by Crippen LogP contribution is -2.37. The molecular formula is C10H12ClNO2S. The first-order valence-corrected chi connectivity index (χ1v) is 6.26. The highest BCUT2D eigenvalue weighted by molar-refractivity contribution is 7.82. The van der Waals surface area contributed by atoms with Gasteiger partial charge in [0.05, 0.1) is 18.1 Å². The Labute approximate surface area is 96.6 Å². The van der Waals surface area contributed by atoms with Crippen molar-refractivity contribution in [2.45, 2.75) is 4.90 Å². The van der Waals surface area contributed by atoms with E-state index in [1.165, 1.54) is 0 Å². The zero-order valence-electron chi connectivity index (χ0n) is 8.19. The van der Waals surface area contributed by atoms with E-state index in [9.17, 15) is 4.21 Å². The summed E-state index contributed by atoms with van der Waals surface area (Å²) in [5, 5.41) is 0.665. The molecule has 1 heterocycles. The molecule has 1 atom stereocenters. The molecule has 1 aromatic carbocycles. The minimum Gasteiger partial charge on any atom is -0.379 e. The Balaban J connectivity index is 2.09. The van der Waals surface area contributed by atoms with Gasteiger partial charge in [-0.05, 0) is 24.3 Å². The monoisotopic (exact) mass is 247 g/mol. The van der Waals surface area contributed by atoms with Crippen molar-refractivity contribution in [1.82, 2.24) is 4.31 Å². The normalized spacial score (nSPS) is 20.1. The van der Waals surface area contributed by atoms with E-state index >= 15 is 0 Å². The van der Waals surface area contributed by atoms with Gasteiger partial charge in [0.15, 0.2) is 0 Å². The van der Waals surface area contributed by atoms with Crippen molar-refractivity contribution < 1.29 is 8.95 Å². The molecule has 1 aliphatic heterocycles. The molecule has 0 saturated carbocycles. The van der Waals surface area contributed by atoms with Crippen molar-refractivity contribution in [2.24, 2.45) is 0 Å². The maximum absolute atomic E-state index is 12.0. The second-order valence-corrected chi connectivity index (χ2v) is 5.17. The first-order valence-electron chi connectivity index (χ1n) is 4.77. The van der Waals surface area contributed by atoms with Crippen molar-refractivity contribution in [2.75, 3.05) is 26.3 Å². The molecule has 0 aliphatic carbocycles. The van der Waals surface area contributed by atoms with E-state index in [2.05, 4.69) is 0 Å². The summed E-state index contributed by atoms with van der Waals surface area (Å²) >= 11 is 5.77. The molecule has 0 spiro atoms. The summed E-state index contributed by atoms with van der Waals surface area (Å²) in [6, 6.07) is 7.12. The van der Waals surface area contributed by atoms with Gasteiger partial charge in [-0.25, -0.2) is 8.51 Å². The van der Waals surface area contributed by atoms with Crippen molar-refractivity contribution in [3.8, 4) is 0 Å². The molecule has 82 valence electrons. The van der Waals surface area contributed by atoms with E-state index in [0.29, 0.717) is 18.2 Å². The van der Waals surface area contributed by atoms with Gasteiger partial charge in [-0.15, -0.1) is 0 Å². The first-order chi connectivity index (χ1) is 7.27. The second-order valence-electron chi connectivity index (χ2n) is 3.24. The Morgan fingerprint density at radius 3 is 2.40 bits per heavy atom. The van der Waals surface area contributed by atoms with E-state index in [4.69, 9.17) is 16.3 Å². The Kier molecular flexibility index (Phi) is 3.75. The lowest BCUT2D eigenvalue weighted by Gasteiger charge is -2.25. The van der Waals surface area contributed by atoms with Crippen molar-refractivity contribution in [3.05, 3.63) is 29.3 Å². The smallest absolute Gasteiger partial charge is 0.127 e. The van der Waals surface area contributed by atoms with Crippen LogP contribution in [0.5, 0.6) is 0 Å². The zero-order valence-corrected chi connectivity index (χ0v) is 9.76. The Morgan fingerprint density at radius 1 is 1.20 bits per heavy atom. The topological polar surface area (TPSA) is 29.5 Å². The molecule has 3 nitrogen and oxygen atoms in total. The summed E-state index contributed by atoms with van der Waals surface area (Å²) in [6.45, 7) is 2.74. The molecule has 0 bridgehead atoms. The fourth-order valence-corrected chi connectivity index (χ4v) is 2.69. The van der Waals surface area contributed by atoms with Crippen molar-refractivity contribution in [3.63, 3.8) is 0 Å². The molecule has 0 N–H and O–H groups in total. The van der Waals surface area contributed by atoms with Gasteiger partial charge < -0.3 is 4.74 Å². The number of rotatable bonds is 2. The highest BCUT2D eigenvalue weighted by Crippen LogP contribution is 2.15. The maximum atomic E-state index is 12.0. The van der Waals surface area contributed by atoms with Gasteiger partial charge >= 0.3 is 0 Å². The summed E-state index contributed by atoms with van der Waals surface area (Å²) in [6.07, 6.45) is 0. The third-order valence-electron chi connectivity index (χ3n) is 2.22. The molecule has 1 saturated heterocycles. The van der Waals surface area contributed by atoms with Crippen LogP contribution in [0, 0.1) is 0 Å². The van der Waals surface area contributed by atoms with Gasteiger partial charge in [-0.1, -0.05) is 11.6 Å². The van der Waals surface area contributed by atoms with Crippen LogP contribution in [-0.4, -0.2) is 34.8 Å². The zero-order chi connectivity index (χ0) is 10.7. The van der Waals surface area contributed by atoms with Crippen LogP contribution in [-0.2, 0) is 15.7 Å². The van der Waals surface area contributed by atoms with Crippen LogP contribution < -0.4 is 0 Å². The SMILES string of the molecule is [18O]=S(c1ccc(Cl)cc1)N1CCOCC1. The van der Waals surface area contributed by atoms with E-state index < -0.39 is 11.0 Å². The Bertz CT molecular complexity index is 349. The largest absolute Gasteiger partial charge is 0.379 e. The number of benzene rings is 1. The number of hydrogen-bond donors (Lipinski definition) is 0. The Morgan fingerprint density at radius 2 is 1.80 bits per heavy atom. The minimum absolute atomic E-state index is 0.652. The molecule has 1 aromatic rings. The van der Waals surface area contributed by atoms with Gasteiger partial charge in [0.25, 0.3) is 0 Å². The quantitative estimate of drug-likeness (QED) is 0.745. The average Bonchev–Trinajstić information content (AvgIpc) is 2.30. The lowest BCUT2D eigenvalue weighted by molar-refractivity contribution is 0.0752. The fourth-order valence-electron chi connectivity index (χ4n) is 1.41. The molecule has 0 aromatic heterocycles. The van der Waals surface area contributed by atoms with E-state index in [1.807, 2.05) is 4.31 Å². The summed E-state index contributed by atoms with van der Waals surface area (Å²) in [7, 11) is -1.08. The number of ether oxygens (including phenoxy) is 1. The molecule has 5 heteroatoms. The Hall–Kier alpha value is -0.420. The lowest BCUT2D eigenvalue weighted by atomic mass is 10.4. The highest BCUT2D eigenvalue weighted by atomic mass is 35.5. The maximum Gasteiger partial charge on any atom is 0.127 e. The van der Waals surface area contributed by atoms with Crippen LogP contribution in [0.25, 0.3) is 0 Å². The summed E-state index contributed by atoms with van der Waals surface area (Å²) in [5.41, 5.74) is 0. The predicted octanol–water partition coefficient (Wildman–Crippen LogP) is 1.69. The molecular weight excluding hydrogens is 236 g/mol. The van der Waals surface area contributed by atoms with E-state index in [-0.39, 0.29) is 0 Å². The van der Waals surface area contributed by atoms with Crippen molar-refractivity contribution in [1.29, 1.82) is 0 Å². The third kappa shape index (κ3) is 2.78. The average molecular weight is 248 g/mol. The molecule has 15 heavy (non-hydrogen) atoms. The molecule has 0 radical (unpaired) electrons. The first kappa shape index (κ1) is 11.1. The summed E-state index contributed by atoms with van der Waals surface area (Å²) < 4.78 is 19.2. The number of halogens is 1. The van der Waals surface area contributed by atoms with Crippen LogP contribution in [0.2, 0.25) is 5.02 Å². The summed E-state index contributed by atoms with van der Waals surface area (Å²) in [5.74, 6) is 0. The second kappa shape index (κ2) is 5.07. The van der Waals surface area contributed by atoms with E-state index in [1.54, 1.807) is 24.3 Å². The van der Waals surface area contributed by atoms with Crippen LogP contribution in [0.1, 0.15) is 0 Å². The van der Waals surface area contributed by atoms with Gasteiger partial charge in [-0.3, -0.25) is 0 Å². The van der Waals surface area contributed by atoms with E-state index in [0.717, 1.165) is 18.0 Å². The van der Waals surface area contributed by atoms with Gasteiger partial charge in [0.1, 0.15) is 11.0 Å². The number of nitrogens with zero attached hydrogens (tertiary/aromatic N) is 1. The van der Waals surface area contributed by atoms with Gasteiger partial charge in [0.2, 0.25) is 0 Å².